The van der Waals surface area contributed by atoms with Crippen molar-refractivity contribution in [2.75, 3.05) is 6.54 Å². The summed E-state index contributed by atoms with van der Waals surface area (Å²) < 4.78 is 24.1. The third-order valence-electron chi connectivity index (χ3n) is 4.24. The first-order valence-corrected chi connectivity index (χ1v) is 9.24. The van der Waals surface area contributed by atoms with Crippen LogP contribution in [0.25, 0.3) is 0 Å². The first kappa shape index (κ1) is 22.2. The number of carbonyl (C=O) groups excluding carboxylic acids is 1. The van der Waals surface area contributed by atoms with Gasteiger partial charge in [-0.25, -0.2) is 9.18 Å². The zero-order valence-electron chi connectivity index (χ0n) is 17.0. The molecule has 1 amide bonds. The molecule has 0 aliphatic rings. The standard InChI is InChI=1S/C22H26FNO5/c1-21(2,28-18-11-7-16(23)8-12-18)19(25)24-14-13-15-5-9-17(10-6-15)29-22(3,4)20(26)27/h5-12H,13-14H2,1-4H3,(H,24,25)(H,26,27). The van der Waals surface area contributed by atoms with Crippen LogP contribution in [0.2, 0.25) is 0 Å². The monoisotopic (exact) mass is 403 g/mol. The number of halogens is 1. The number of hydrogen-bond acceptors (Lipinski definition) is 4. The van der Waals surface area contributed by atoms with Gasteiger partial charge >= 0.3 is 5.97 Å². The molecular formula is C22H26FNO5. The lowest BCUT2D eigenvalue weighted by Gasteiger charge is -2.25. The molecule has 156 valence electrons. The Morgan fingerprint density at radius 1 is 0.897 bits per heavy atom. The number of ether oxygens (including phenoxy) is 2. The minimum atomic E-state index is -1.31. The normalized spacial score (nSPS) is 11.6. The molecule has 2 N–H and O–H groups in total. The second kappa shape index (κ2) is 8.94. The van der Waals surface area contributed by atoms with Gasteiger partial charge in [0, 0.05) is 6.54 Å². The molecule has 0 saturated carbocycles. The maximum atomic E-state index is 13.0. The Hall–Kier alpha value is -3.09. The van der Waals surface area contributed by atoms with Crippen molar-refractivity contribution in [3.63, 3.8) is 0 Å². The van der Waals surface area contributed by atoms with Crippen molar-refractivity contribution in [3.05, 3.63) is 59.9 Å². The largest absolute Gasteiger partial charge is 0.478 e. The van der Waals surface area contributed by atoms with Crippen molar-refractivity contribution in [2.24, 2.45) is 0 Å². The third kappa shape index (κ3) is 6.48. The van der Waals surface area contributed by atoms with Crippen LogP contribution in [0.5, 0.6) is 11.5 Å². The van der Waals surface area contributed by atoms with Crippen molar-refractivity contribution in [1.82, 2.24) is 5.32 Å². The molecule has 0 aliphatic heterocycles. The molecule has 0 fully saturated rings. The Morgan fingerprint density at radius 3 is 1.90 bits per heavy atom. The van der Waals surface area contributed by atoms with E-state index in [1.807, 2.05) is 12.1 Å². The Kier molecular flexibility index (Phi) is 6.84. The van der Waals surface area contributed by atoms with Crippen molar-refractivity contribution in [3.8, 4) is 11.5 Å². The zero-order valence-corrected chi connectivity index (χ0v) is 17.0. The van der Waals surface area contributed by atoms with E-state index >= 15 is 0 Å². The van der Waals surface area contributed by atoms with E-state index in [0.29, 0.717) is 24.5 Å². The Morgan fingerprint density at radius 2 is 1.38 bits per heavy atom. The summed E-state index contributed by atoms with van der Waals surface area (Å²) in [7, 11) is 0. The third-order valence-corrected chi connectivity index (χ3v) is 4.24. The predicted molar refractivity (Wildman–Crippen MR) is 107 cm³/mol. The number of hydrogen-bond donors (Lipinski definition) is 2. The summed E-state index contributed by atoms with van der Waals surface area (Å²) in [6.07, 6.45) is 0.584. The summed E-state index contributed by atoms with van der Waals surface area (Å²) in [5.74, 6) is -0.840. The minimum Gasteiger partial charge on any atom is -0.478 e. The average Bonchev–Trinajstić information content (AvgIpc) is 2.64. The van der Waals surface area contributed by atoms with Crippen LogP contribution in [0.3, 0.4) is 0 Å². The minimum absolute atomic E-state index is 0.287. The molecule has 0 aromatic heterocycles. The molecule has 2 aromatic carbocycles. The fraction of sp³-hybridized carbons (Fsp3) is 0.364. The predicted octanol–water partition coefficient (Wildman–Crippen LogP) is 3.58. The summed E-state index contributed by atoms with van der Waals surface area (Å²) >= 11 is 0. The van der Waals surface area contributed by atoms with Crippen LogP contribution in [0.4, 0.5) is 4.39 Å². The molecule has 0 bridgehead atoms. The number of aliphatic carboxylic acids is 1. The molecule has 2 rings (SSSR count). The smallest absolute Gasteiger partial charge is 0.347 e. The van der Waals surface area contributed by atoms with E-state index in [0.717, 1.165) is 5.56 Å². The molecule has 0 aliphatic carbocycles. The van der Waals surface area contributed by atoms with Gasteiger partial charge in [-0.15, -0.1) is 0 Å². The highest BCUT2D eigenvalue weighted by Crippen LogP contribution is 2.20. The highest BCUT2D eigenvalue weighted by molar-refractivity contribution is 5.84. The number of rotatable bonds is 9. The van der Waals surface area contributed by atoms with Crippen molar-refractivity contribution >= 4 is 11.9 Å². The highest BCUT2D eigenvalue weighted by atomic mass is 19.1. The number of amides is 1. The van der Waals surface area contributed by atoms with Gasteiger partial charge in [0.1, 0.15) is 17.3 Å². The van der Waals surface area contributed by atoms with Gasteiger partial charge in [-0.3, -0.25) is 4.79 Å². The van der Waals surface area contributed by atoms with Gasteiger partial charge in [-0.2, -0.15) is 0 Å². The fourth-order valence-corrected chi connectivity index (χ4v) is 2.44. The fourth-order valence-electron chi connectivity index (χ4n) is 2.44. The first-order valence-electron chi connectivity index (χ1n) is 9.24. The Balaban J connectivity index is 1.84. The lowest BCUT2D eigenvalue weighted by Crippen LogP contribution is -2.47. The quantitative estimate of drug-likeness (QED) is 0.669. The summed E-state index contributed by atoms with van der Waals surface area (Å²) in [6, 6.07) is 12.5. The SMILES string of the molecule is CC(C)(Oc1ccc(CCNC(=O)C(C)(C)Oc2ccc(F)cc2)cc1)C(=O)O. The maximum Gasteiger partial charge on any atom is 0.347 e. The van der Waals surface area contributed by atoms with Crippen molar-refractivity contribution in [1.29, 1.82) is 0 Å². The number of carboxylic acids is 1. The number of benzene rings is 2. The van der Waals surface area contributed by atoms with Crippen LogP contribution in [0.15, 0.2) is 48.5 Å². The number of nitrogens with one attached hydrogen (secondary N) is 1. The molecule has 2 aromatic rings. The number of carboxylic acid groups (broad SMARTS) is 1. The van der Waals surface area contributed by atoms with E-state index in [9.17, 15) is 14.0 Å². The lowest BCUT2D eigenvalue weighted by molar-refractivity contribution is -0.152. The van der Waals surface area contributed by atoms with Crippen LogP contribution >= 0.6 is 0 Å². The Labute approximate surface area is 169 Å². The van der Waals surface area contributed by atoms with E-state index in [2.05, 4.69) is 5.32 Å². The molecule has 0 atom stereocenters. The van der Waals surface area contributed by atoms with Crippen LogP contribution in [-0.2, 0) is 16.0 Å². The first-order chi connectivity index (χ1) is 13.5. The molecule has 0 radical (unpaired) electrons. The van der Waals surface area contributed by atoms with E-state index in [1.54, 1.807) is 26.0 Å². The number of carbonyl (C=O) groups is 2. The lowest BCUT2D eigenvalue weighted by atomic mass is 10.1. The van der Waals surface area contributed by atoms with Gasteiger partial charge in [0.15, 0.2) is 11.2 Å². The van der Waals surface area contributed by atoms with E-state index < -0.39 is 17.2 Å². The molecule has 7 heteroatoms. The summed E-state index contributed by atoms with van der Waals surface area (Å²) in [4.78, 5) is 23.5. The summed E-state index contributed by atoms with van der Waals surface area (Å²) in [6.45, 7) is 6.64. The van der Waals surface area contributed by atoms with Gasteiger partial charge in [-0.05, 0) is 76.1 Å². The second-order valence-corrected chi connectivity index (χ2v) is 7.63. The summed E-state index contributed by atoms with van der Waals surface area (Å²) in [5.41, 5.74) is -1.47. The van der Waals surface area contributed by atoms with E-state index in [-0.39, 0.29) is 11.7 Å². The summed E-state index contributed by atoms with van der Waals surface area (Å²) in [5, 5.41) is 11.9. The van der Waals surface area contributed by atoms with E-state index in [4.69, 9.17) is 14.6 Å². The van der Waals surface area contributed by atoms with Gasteiger partial charge in [0.05, 0.1) is 0 Å². The topological polar surface area (TPSA) is 84.9 Å². The molecule has 0 saturated heterocycles. The second-order valence-electron chi connectivity index (χ2n) is 7.63. The van der Waals surface area contributed by atoms with Crippen molar-refractivity contribution < 1.29 is 28.6 Å². The maximum absolute atomic E-state index is 13.0. The average molecular weight is 403 g/mol. The van der Waals surface area contributed by atoms with Gasteiger partial charge < -0.3 is 19.9 Å². The zero-order chi connectivity index (χ0) is 21.7. The Bertz CT molecular complexity index is 845. The van der Waals surface area contributed by atoms with E-state index in [1.165, 1.54) is 38.1 Å². The van der Waals surface area contributed by atoms with Crippen LogP contribution < -0.4 is 14.8 Å². The van der Waals surface area contributed by atoms with Crippen LogP contribution in [-0.4, -0.2) is 34.7 Å². The molecule has 0 spiro atoms. The van der Waals surface area contributed by atoms with Gasteiger partial charge in [0.25, 0.3) is 5.91 Å². The van der Waals surface area contributed by atoms with Crippen LogP contribution in [0.1, 0.15) is 33.3 Å². The van der Waals surface area contributed by atoms with Gasteiger partial charge in [0.2, 0.25) is 0 Å². The highest BCUT2D eigenvalue weighted by Gasteiger charge is 2.30. The molecule has 0 heterocycles. The molecule has 6 nitrogen and oxygen atoms in total. The molecule has 29 heavy (non-hydrogen) atoms. The molecule has 0 unspecified atom stereocenters. The van der Waals surface area contributed by atoms with Gasteiger partial charge in [-0.1, -0.05) is 12.1 Å². The molecular weight excluding hydrogens is 377 g/mol. The van der Waals surface area contributed by atoms with Crippen LogP contribution in [0, 0.1) is 5.82 Å². The van der Waals surface area contributed by atoms with Crippen molar-refractivity contribution in [2.45, 2.75) is 45.3 Å².